The molecule has 0 aromatic heterocycles. The number of thioether (sulfide) groups is 2. The Hall–Kier alpha value is 1.28. The standard InChI is InChI=1S/C7H14Cl2S2/c1-2-7(10-5-3-8)11-6-4-9/h7H,2-6H2,1H3. The molecule has 0 fully saturated rings. The van der Waals surface area contributed by atoms with Crippen LogP contribution in [0.1, 0.15) is 13.3 Å². The number of halogens is 2. The van der Waals surface area contributed by atoms with E-state index in [1.807, 2.05) is 23.5 Å². The van der Waals surface area contributed by atoms with Crippen molar-refractivity contribution in [3.63, 3.8) is 0 Å². The van der Waals surface area contributed by atoms with Crippen molar-refractivity contribution in [2.45, 2.75) is 17.9 Å². The van der Waals surface area contributed by atoms with E-state index in [2.05, 4.69) is 6.92 Å². The maximum Gasteiger partial charge on any atom is 0.0500 e. The summed E-state index contributed by atoms with van der Waals surface area (Å²) in [6.45, 7) is 2.20. The predicted molar refractivity (Wildman–Crippen MR) is 60.4 cm³/mol. The Balaban J connectivity index is 3.25. The minimum atomic E-state index is 0.688. The zero-order valence-electron chi connectivity index (χ0n) is 6.69. The second-order valence-corrected chi connectivity index (χ2v) is 5.63. The fraction of sp³-hybridized carbons (Fsp3) is 1.00. The van der Waals surface area contributed by atoms with Gasteiger partial charge in [-0.25, -0.2) is 0 Å². The van der Waals surface area contributed by atoms with Crippen LogP contribution in [0, 0.1) is 0 Å². The third-order valence-corrected chi connectivity index (χ3v) is 5.03. The maximum absolute atomic E-state index is 5.58. The molecule has 0 aliphatic carbocycles. The fourth-order valence-corrected chi connectivity index (χ4v) is 3.31. The molecule has 11 heavy (non-hydrogen) atoms. The van der Waals surface area contributed by atoms with Gasteiger partial charge in [0.2, 0.25) is 0 Å². The van der Waals surface area contributed by atoms with Crippen molar-refractivity contribution in [2.24, 2.45) is 0 Å². The fourth-order valence-electron chi connectivity index (χ4n) is 0.636. The molecule has 0 atom stereocenters. The van der Waals surface area contributed by atoms with Crippen LogP contribution in [-0.2, 0) is 0 Å². The molecule has 0 aromatic rings. The van der Waals surface area contributed by atoms with Gasteiger partial charge in [0.15, 0.2) is 0 Å². The summed E-state index contributed by atoms with van der Waals surface area (Å²) >= 11 is 15.0. The first-order valence-electron chi connectivity index (χ1n) is 3.70. The van der Waals surface area contributed by atoms with Gasteiger partial charge < -0.3 is 0 Å². The van der Waals surface area contributed by atoms with E-state index in [4.69, 9.17) is 23.2 Å². The second-order valence-electron chi connectivity index (χ2n) is 1.96. The van der Waals surface area contributed by atoms with Crippen LogP contribution in [0.25, 0.3) is 0 Å². The minimum absolute atomic E-state index is 0.688. The lowest BCUT2D eigenvalue weighted by Gasteiger charge is -2.11. The van der Waals surface area contributed by atoms with Gasteiger partial charge in [-0.05, 0) is 6.42 Å². The summed E-state index contributed by atoms with van der Waals surface area (Å²) in [4.78, 5) is 0. The van der Waals surface area contributed by atoms with E-state index in [-0.39, 0.29) is 0 Å². The lowest BCUT2D eigenvalue weighted by molar-refractivity contribution is 1.05. The normalized spacial score (nSPS) is 10.9. The Labute approximate surface area is 87.8 Å². The molecular formula is C7H14Cl2S2. The Morgan fingerprint density at radius 3 is 1.82 bits per heavy atom. The van der Waals surface area contributed by atoms with Gasteiger partial charge >= 0.3 is 0 Å². The van der Waals surface area contributed by atoms with Gasteiger partial charge in [-0.2, -0.15) is 0 Å². The summed E-state index contributed by atoms with van der Waals surface area (Å²) in [6.07, 6.45) is 1.20. The molecule has 0 spiro atoms. The second kappa shape index (κ2) is 9.37. The van der Waals surface area contributed by atoms with Crippen LogP contribution in [0.15, 0.2) is 0 Å². The Morgan fingerprint density at radius 2 is 1.55 bits per heavy atom. The summed E-state index contributed by atoms with van der Waals surface area (Å²) in [5.41, 5.74) is 0. The van der Waals surface area contributed by atoms with Crippen LogP contribution in [0.3, 0.4) is 0 Å². The maximum atomic E-state index is 5.58. The molecule has 0 rings (SSSR count). The highest BCUT2D eigenvalue weighted by Crippen LogP contribution is 2.26. The number of rotatable bonds is 7. The van der Waals surface area contributed by atoms with E-state index in [0.29, 0.717) is 4.58 Å². The summed E-state index contributed by atoms with van der Waals surface area (Å²) in [5, 5.41) is 0. The van der Waals surface area contributed by atoms with Gasteiger partial charge in [0.05, 0.1) is 4.58 Å². The van der Waals surface area contributed by atoms with Crippen LogP contribution in [0.4, 0.5) is 0 Å². The molecule has 0 unspecified atom stereocenters. The van der Waals surface area contributed by atoms with Crippen LogP contribution in [0.5, 0.6) is 0 Å². The molecule has 0 amide bonds. The molecule has 0 saturated carbocycles. The molecule has 4 heteroatoms. The van der Waals surface area contributed by atoms with Crippen LogP contribution in [0.2, 0.25) is 0 Å². The van der Waals surface area contributed by atoms with E-state index in [0.717, 1.165) is 23.3 Å². The van der Waals surface area contributed by atoms with Crippen molar-refractivity contribution >= 4 is 46.7 Å². The summed E-state index contributed by atoms with van der Waals surface area (Å²) < 4.78 is 0.688. The Morgan fingerprint density at radius 1 is 1.09 bits per heavy atom. The SMILES string of the molecule is CCC(SCCCl)SCCCl. The highest BCUT2D eigenvalue weighted by atomic mass is 35.5. The minimum Gasteiger partial charge on any atom is -0.146 e. The van der Waals surface area contributed by atoms with Gasteiger partial charge in [0, 0.05) is 23.3 Å². The van der Waals surface area contributed by atoms with E-state index in [9.17, 15) is 0 Å². The number of hydrogen-bond acceptors (Lipinski definition) is 2. The van der Waals surface area contributed by atoms with Crippen molar-refractivity contribution in [3.05, 3.63) is 0 Å². The van der Waals surface area contributed by atoms with Crippen molar-refractivity contribution in [2.75, 3.05) is 23.3 Å². The molecule has 0 saturated heterocycles. The molecule has 0 aliphatic heterocycles. The number of hydrogen-bond donors (Lipinski definition) is 0. The summed E-state index contributed by atoms with van der Waals surface area (Å²) in [5.74, 6) is 3.61. The van der Waals surface area contributed by atoms with Gasteiger partial charge in [0.25, 0.3) is 0 Å². The molecule has 0 aromatic carbocycles. The van der Waals surface area contributed by atoms with Crippen LogP contribution >= 0.6 is 46.7 Å². The van der Waals surface area contributed by atoms with E-state index >= 15 is 0 Å². The number of alkyl halides is 2. The van der Waals surface area contributed by atoms with Gasteiger partial charge in [-0.1, -0.05) is 6.92 Å². The zero-order valence-corrected chi connectivity index (χ0v) is 9.83. The van der Waals surface area contributed by atoms with Gasteiger partial charge in [0.1, 0.15) is 0 Å². The molecular weight excluding hydrogens is 219 g/mol. The third-order valence-electron chi connectivity index (χ3n) is 1.10. The quantitative estimate of drug-likeness (QED) is 0.486. The average Bonchev–Trinajstić information content (AvgIpc) is 2.05. The molecule has 0 aliphatic rings. The molecule has 0 N–H and O–H groups in total. The first-order valence-corrected chi connectivity index (χ1v) is 6.87. The topological polar surface area (TPSA) is 0 Å². The average molecular weight is 233 g/mol. The van der Waals surface area contributed by atoms with Crippen LogP contribution in [-0.4, -0.2) is 27.8 Å². The molecule has 68 valence electrons. The molecule has 0 bridgehead atoms. The molecule has 0 nitrogen and oxygen atoms in total. The van der Waals surface area contributed by atoms with E-state index in [1.54, 1.807) is 0 Å². The largest absolute Gasteiger partial charge is 0.146 e. The van der Waals surface area contributed by atoms with Gasteiger partial charge in [-0.3, -0.25) is 0 Å². The Bertz CT molecular complexity index is 72.8. The summed E-state index contributed by atoms with van der Waals surface area (Å²) in [7, 11) is 0. The van der Waals surface area contributed by atoms with E-state index in [1.165, 1.54) is 6.42 Å². The highest BCUT2D eigenvalue weighted by Gasteiger charge is 2.05. The van der Waals surface area contributed by atoms with Crippen molar-refractivity contribution in [3.8, 4) is 0 Å². The van der Waals surface area contributed by atoms with Crippen LogP contribution < -0.4 is 0 Å². The monoisotopic (exact) mass is 232 g/mol. The third kappa shape index (κ3) is 7.63. The van der Waals surface area contributed by atoms with Crippen molar-refractivity contribution in [1.82, 2.24) is 0 Å². The zero-order chi connectivity index (χ0) is 8.53. The summed E-state index contributed by atoms with van der Waals surface area (Å²) in [6, 6.07) is 0. The predicted octanol–water partition coefficient (Wildman–Crippen LogP) is 3.67. The van der Waals surface area contributed by atoms with Crippen molar-refractivity contribution in [1.29, 1.82) is 0 Å². The Kier molecular flexibility index (Phi) is 10.5. The molecule has 0 heterocycles. The first-order chi connectivity index (χ1) is 5.35. The smallest absolute Gasteiger partial charge is 0.0500 e. The lowest BCUT2D eigenvalue weighted by Crippen LogP contribution is -1.98. The first kappa shape index (κ1) is 12.3. The lowest BCUT2D eigenvalue weighted by atomic mass is 10.6. The highest BCUT2D eigenvalue weighted by molar-refractivity contribution is 8.17. The van der Waals surface area contributed by atoms with Crippen molar-refractivity contribution < 1.29 is 0 Å². The van der Waals surface area contributed by atoms with Gasteiger partial charge in [-0.15, -0.1) is 46.7 Å². The van der Waals surface area contributed by atoms with E-state index < -0.39 is 0 Å². The molecule has 0 radical (unpaired) electrons.